The van der Waals surface area contributed by atoms with Crippen molar-refractivity contribution in [1.82, 2.24) is 9.80 Å². The van der Waals surface area contributed by atoms with Gasteiger partial charge in [-0.05, 0) is 50.7 Å². The highest BCUT2D eigenvalue weighted by Crippen LogP contribution is 2.25. The normalized spacial score (nSPS) is 20.4. The highest BCUT2D eigenvalue weighted by atomic mass is 79.9. The van der Waals surface area contributed by atoms with E-state index in [2.05, 4.69) is 58.0 Å². The zero-order valence-electron chi connectivity index (χ0n) is 11.9. The number of hydrogen-bond donors (Lipinski definition) is 1. The van der Waals surface area contributed by atoms with Crippen LogP contribution in [0, 0.1) is 0 Å². The minimum atomic E-state index is 0.603. The molecule has 19 heavy (non-hydrogen) atoms. The van der Waals surface area contributed by atoms with Gasteiger partial charge in [0.15, 0.2) is 0 Å². The molecule has 1 saturated heterocycles. The molecule has 1 aromatic carbocycles. The zero-order chi connectivity index (χ0) is 13.8. The SMILES string of the molecule is CN(C)CC1CCCN1Cc1ccc(CN)cc1Br. The molecular formula is C15H24BrN3. The maximum absolute atomic E-state index is 5.67. The molecule has 0 bridgehead atoms. The second-order valence-corrected chi connectivity index (χ2v) is 6.51. The summed E-state index contributed by atoms with van der Waals surface area (Å²) in [6.45, 7) is 4.00. The molecule has 4 heteroatoms. The van der Waals surface area contributed by atoms with Crippen LogP contribution in [0.2, 0.25) is 0 Å². The summed E-state index contributed by atoms with van der Waals surface area (Å²) in [7, 11) is 4.31. The van der Waals surface area contributed by atoms with E-state index in [1.807, 2.05) is 0 Å². The van der Waals surface area contributed by atoms with Crippen molar-refractivity contribution in [2.75, 3.05) is 27.2 Å². The highest BCUT2D eigenvalue weighted by molar-refractivity contribution is 9.10. The molecule has 2 N–H and O–H groups in total. The lowest BCUT2D eigenvalue weighted by atomic mass is 10.1. The molecule has 1 aliphatic rings. The summed E-state index contributed by atoms with van der Waals surface area (Å²) < 4.78 is 1.19. The zero-order valence-corrected chi connectivity index (χ0v) is 13.5. The quantitative estimate of drug-likeness (QED) is 0.902. The lowest BCUT2D eigenvalue weighted by Crippen LogP contribution is -2.37. The predicted molar refractivity (Wildman–Crippen MR) is 84.0 cm³/mol. The van der Waals surface area contributed by atoms with E-state index in [0.717, 1.165) is 13.1 Å². The number of benzene rings is 1. The molecule has 0 aliphatic carbocycles. The molecule has 1 heterocycles. The Hall–Kier alpha value is -0.420. The van der Waals surface area contributed by atoms with Gasteiger partial charge in [0.25, 0.3) is 0 Å². The fourth-order valence-electron chi connectivity index (χ4n) is 2.80. The van der Waals surface area contributed by atoms with Crippen LogP contribution in [0.25, 0.3) is 0 Å². The third kappa shape index (κ3) is 4.02. The van der Waals surface area contributed by atoms with Crippen LogP contribution in [-0.2, 0) is 13.1 Å². The third-order valence-corrected chi connectivity index (χ3v) is 4.54. The van der Waals surface area contributed by atoms with E-state index in [1.54, 1.807) is 0 Å². The van der Waals surface area contributed by atoms with Gasteiger partial charge in [0.2, 0.25) is 0 Å². The molecular weight excluding hydrogens is 302 g/mol. The van der Waals surface area contributed by atoms with Crippen LogP contribution in [0.3, 0.4) is 0 Å². The van der Waals surface area contributed by atoms with E-state index in [-0.39, 0.29) is 0 Å². The minimum Gasteiger partial charge on any atom is -0.326 e. The Morgan fingerprint density at radius 2 is 2.21 bits per heavy atom. The summed E-state index contributed by atoms with van der Waals surface area (Å²) in [5.74, 6) is 0. The average molecular weight is 326 g/mol. The molecule has 0 aromatic heterocycles. The van der Waals surface area contributed by atoms with Crippen molar-refractivity contribution >= 4 is 15.9 Å². The number of halogens is 1. The Bertz CT molecular complexity index is 420. The van der Waals surface area contributed by atoms with Crippen molar-refractivity contribution < 1.29 is 0 Å². The second-order valence-electron chi connectivity index (χ2n) is 5.66. The lowest BCUT2D eigenvalue weighted by molar-refractivity contribution is 0.201. The molecule has 1 aromatic rings. The third-order valence-electron chi connectivity index (χ3n) is 3.80. The van der Waals surface area contributed by atoms with Crippen LogP contribution in [0.5, 0.6) is 0 Å². The van der Waals surface area contributed by atoms with E-state index in [9.17, 15) is 0 Å². The largest absolute Gasteiger partial charge is 0.326 e. The Morgan fingerprint density at radius 1 is 1.42 bits per heavy atom. The summed E-state index contributed by atoms with van der Waals surface area (Å²) in [4.78, 5) is 4.89. The number of rotatable bonds is 5. The molecule has 0 saturated carbocycles. The Kier molecular flexibility index (Phi) is 5.39. The van der Waals surface area contributed by atoms with Gasteiger partial charge in [-0.2, -0.15) is 0 Å². The van der Waals surface area contributed by atoms with Gasteiger partial charge in [0.1, 0.15) is 0 Å². The van der Waals surface area contributed by atoms with Gasteiger partial charge in [-0.1, -0.05) is 28.1 Å². The van der Waals surface area contributed by atoms with E-state index in [0.29, 0.717) is 12.6 Å². The van der Waals surface area contributed by atoms with Gasteiger partial charge in [0, 0.05) is 30.1 Å². The number of likely N-dealkylation sites (tertiary alicyclic amines) is 1. The average Bonchev–Trinajstić information content (AvgIpc) is 2.78. The van der Waals surface area contributed by atoms with Crippen LogP contribution in [0.1, 0.15) is 24.0 Å². The molecule has 106 valence electrons. The Labute approximate surface area is 124 Å². The fourth-order valence-corrected chi connectivity index (χ4v) is 3.35. The summed E-state index contributed by atoms with van der Waals surface area (Å²) >= 11 is 3.67. The van der Waals surface area contributed by atoms with Crippen LogP contribution < -0.4 is 5.73 Å². The Balaban J connectivity index is 2.03. The molecule has 1 atom stereocenters. The molecule has 0 radical (unpaired) electrons. The predicted octanol–water partition coefficient (Wildman–Crippen LogP) is 2.43. The van der Waals surface area contributed by atoms with E-state index in [4.69, 9.17) is 5.73 Å². The standard InChI is InChI=1S/C15H24BrN3/c1-18(2)11-14-4-3-7-19(14)10-13-6-5-12(9-17)8-15(13)16/h5-6,8,14H,3-4,7,9-11,17H2,1-2H3. The molecule has 0 amide bonds. The fraction of sp³-hybridized carbons (Fsp3) is 0.600. The van der Waals surface area contributed by atoms with Crippen LogP contribution >= 0.6 is 15.9 Å². The van der Waals surface area contributed by atoms with Gasteiger partial charge in [-0.15, -0.1) is 0 Å². The van der Waals surface area contributed by atoms with Crippen molar-refractivity contribution in [3.8, 4) is 0 Å². The van der Waals surface area contributed by atoms with Crippen molar-refractivity contribution in [1.29, 1.82) is 0 Å². The summed E-state index contributed by atoms with van der Waals surface area (Å²) in [5.41, 5.74) is 8.22. The number of likely N-dealkylation sites (N-methyl/N-ethyl adjacent to an activating group) is 1. The highest BCUT2D eigenvalue weighted by Gasteiger charge is 2.25. The first kappa shape index (κ1) is 15.0. The molecule has 2 rings (SSSR count). The van der Waals surface area contributed by atoms with E-state index >= 15 is 0 Å². The summed E-state index contributed by atoms with van der Waals surface area (Å²) in [6, 6.07) is 7.18. The van der Waals surface area contributed by atoms with Crippen molar-refractivity contribution in [2.45, 2.75) is 32.0 Å². The van der Waals surface area contributed by atoms with E-state index in [1.165, 1.54) is 35.0 Å². The Morgan fingerprint density at radius 3 is 2.84 bits per heavy atom. The topological polar surface area (TPSA) is 32.5 Å². The number of hydrogen-bond acceptors (Lipinski definition) is 3. The van der Waals surface area contributed by atoms with Gasteiger partial charge >= 0.3 is 0 Å². The van der Waals surface area contributed by atoms with Crippen LogP contribution in [0.15, 0.2) is 22.7 Å². The maximum atomic E-state index is 5.67. The minimum absolute atomic E-state index is 0.603. The van der Waals surface area contributed by atoms with Crippen LogP contribution in [-0.4, -0.2) is 43.0 Å². The molecule has 1 fully saturated rings. The molecule has 3 nitrogen and oxygen atoms in total. The second kappa shape index (κ2) is 6.84. The first-order chi connectivity index (χ1) is 9.10. The van der Waals surface area contributed by atoms with Gasteiger partial charge in [-0.3, -0.25) is 4.90 Å². The monoisotopic (exact) mass is 325 g/mol. The van der Waals surface area contributed by atoms with E-state index < -0.39 is 0 Å². The molecule has 1 aliphatic heterocycles. The van der Waals surface area contributed by atoms with Crippen molar-refractivity contribution in [2.24, 2.45) is 5.73 Å². The number of nitrogens with zero attached hydrogens (tertiary/aromatic N) is 2. The van der Waals surface area contributed by atoms with Crippen LogP contribution in [0.4, 0.5) is 0 Å². The first-order valence-corrected chi connectivity index (χ1v) is 7.75. The smallest absolute Gasteiger partial charge is 0.0248 e. The molecule has 0 spiro atoms. The van der Waals surface area contributed by atoms with Crippen molar-refractivity contribution in [3.63, 3.8) is 0 Å². The first-order valence-electron chi connectivity index (χ1n) is 6.96. The summed E-state index contributed by atoms with van der Waals surface area (Å²) in [6.07, 6.45) is 2.63. The van der Waals surface area contributed by atoms with Crippen molar-refractivity contribution in [3.05, 3.63) is 33.8 Å². The lowest BCUT2D eigenvalue weighted by Gasteiger charge is -2.27. The summed E-state index contributed by atoms with van der Waals surface area (Å²) in [5, 5.41) is 0. The van der Waals surface area contributed by atoms with Gasteiger partial charge in [-0.25, -0.2) is 0 Å². The van der Waals surface area contributed by atoms with Gasteiger partial charge in [0.05, 0.1) is 0 Å². The number of nitrogens with two attached hydrogens (primary N) is 1. The van der Waals surface area contributed by atoms with Gasteiger partial charge < -0.3 is 10.6 Å². The maximum Gasteiger partial charge on any atom is 0.0248 e. The molecule has 1 unspecified atom stereocenters.